The number of rotatable bonds is 5. The summed E-state index contributed by atoms with van der Waals surface area (Å²) in [7, 11) is 0. The van der Waals surface area contributed by atoms with E-state index in [2.05, 4.69) is 15.2 Å². The number of nitrogens with zero attached hydrogens (tertiary/aromatic N) is 2. The van der Waals surface area contributed by atoms with Crippen LogP contribution >= 0.6 is 0 Å². The van der Waals surface area contributed by atoms with Crippen LogP contribution in [0.3, 0.4) is 0 Å². The van der Waals surface area contributed by atoms with Gasteiger partial charge in [-0.25, -0.2) is 4.79 Å². The lowest BCUT2D eigenvalue weighted by Crippen LogP contribution is -2.56. The SMILES string of the molecule is CC/C(C)=C/C(=O)N1CCN([C@@H]2CCC[C@@H]2NC(=O)c2c[nH]c(=O)o2)CC1. The maximum atomic E-state index is 12.3. The van der Waals surface area contributed by atoms with Gasteiger partial charge in [0.2, 0.25) is 11.7 Å². The van der Waals surface area contributed by atoms with E-state index in [0.717, 1.165) is 44.3 Å². The van der Waals surface area contributed by atoms with Gasteiger partial charge in [0.05, 0.1) is 6.20 Å². The predicted octanol–water partition coefficient (Wildman–Crippen LogP) is 1.12. The van der Waals surface area contributed by atoms with Crippen molar-refractivity contribution in [3.05, 3.63) is 34.2 Å². The summed E-state index contributed by atoms with van der Waals surface area (Å²) in [5.41, 5.74) is 1.09. The lowest BCUT2D eigenvalue weighted by molar-refractivity contribution is -0.128. The van der Waals surface area contributed by atoms with Crippen molar-refractivity contribution in [1.29, 1.82) is 0 Å². The number of oxazole rings is 1. The summed E-state index contributed by atoms with van der Waals surface area (Å²) >= 11 is 0. The Labute approximate surface area is 158 Å². The fraction of sp³-hybridized carbons (Fsp3) is 0.632. The maximum Gasteiger partial charge on any atom is 0.416 e. The van der Waals surface area contributed by atoms with Gasteiger partial charge in [-0.2, -0.15) is 0 Å². The third-order valence-electron chi connectivity index (χ3n) is 5.57. The summed E-state index contributed by atoms with van der Waals surface area (Å²) in [6, 6.07) is 0.284. The van der Waals surface area contributed by atoms with Crippen LogP contribution in [0.2, 0.25) is 0 Å². The number of carbonyl (C=O) groups is 2. The first-order chi connectivity index (χ1) is 13.0. The first kappa shape index (κ1) is 19.4. The molecule has 3 rings (SSSR count). The third-order valence-corrected chi connectivity index (χ3v) is 5.57. The minimum absolute atomic E-state index is 0.0131. The quantitative estimate of drug-likeness (QED) is 0.751. The predicted molar refractivity (Wildman–Crippen MR) is 100 cm³/mol. The number of amides is 2. The van der Waals surface area contributed by atoms with Crippen LogP contribution in [0.1, 0.15) is 50.1 Å². The number of nitrogens with one attached hydrogen (secondary N) is 2. The molecule has 2 aliphatic rings. The van der Waals surface area contributed by atoms with E-state index in [1.54, 1.807) is 6.08 Å². The highest BCUT2D eigenvalue weighted by molar-refractivity contribution is 5.91. The average Bonchev–Trinajstić information content (AvgIpc) is 3.30. The molecule has 2 atom stereocenters. The van der Waals surface area contributed by atoms with Gasteiger partial charge in [-0.3, -0.25) is 19.5 Å². The normalized spacial score (nSPS) is 24.2. The van der Waals surface area contributed by atoms with Crippen LogP contribution in [0, 0.1) is 0 Å². The van der Waals surface area contributed by atoms with E-state index in [1.807, 2.05) is 18.7 Å². The van der Waals surface area contributed by atoms with Crippen molar-refractivity contribution in [3.8, 4) is 0 Å². The molecule has 0 aromatic carbocycles. The first-order valence-electron chi connectivity index (χ1n) is 9.67. The summed E-state index contributed by atoms with van der Waals surface area (Å²) in [5, 5.41) is 3.00. The Balaban J connectivity index is 1.55. The van der Waals surface area contributed by atoms with Crippen molar-refractivity contribution in [2.75, 3.05) is 26.2 Å². The number of H-pyrrole nitrogens is 1. The fourth-order valence-corrected chi connectivity index (χ4v) is 3.86. The number of hydrogen-bond donors (Lipinski definition) is 2. The van der Waals surface area contributed by atoms with E-state index < -0.39 is 5.76 Å². The van der Waals surface area contributed by atoms with Gasteiger partial charge in [-0.1, -0.05) is 12.5 Å². The first-order valence-corrected chi connectivity index (χ1v) is 9.67. The van der Waals surface area contributed by atoms with Gasteiger partial charge in [0.15, 0.2) is 0 Å². The number of piperazine rings is 1. The van der Waals surface area contributed by atoms with Gasteiger partial charge in [0, 0.05) is 44.3 Å². The second kappa shape index (κ2) is 8.56. The van der Waals surface area contributed by atoms with E-state index in [0.29, 0.717) is 13.1 Å². The maximum absolute atomic E-state index is 12.3. The molecule has 2 heterocycles. The Kier molecular flexibility index (Phi) is 6.15. The molecule has 0 unspecified atom stereocenters. The molecular weight excluding hydrogens is 348 g/mol. The zero-order valence-electron chi connectivity index (χ0n) is 16.0. The van der Waals surface area contributed by atoms with Gasteiger partial charge < -0.3 is 14.6 Å². The van der Waals surface area contributed by atoms with Crippen LogP contribution in [0.15, 0.2) is 27.1 Å². The van der Waals surface area contributed by atoms with Gasteiger partial charge in [-0.15, -0.1) is 0 Å². The van der Waals surface area contributed by atoms with Gasteiger partial charge >= 0.3 is 5.76 Å². The van der Waals surface area contributed by atoms with Crippen LogP contribution in [0.4, 0.5) is 0 Å². The molecule has 1 aliphatic carbocycles. The van der Waals surface area contributed by atoms with Crippen LogP contribution in [-0.4, -0.2) is 64.9 Å². The van der Waals surface area contributed by atoms with E-state index in [-0.39, 0.29) is 29.7 Å². The zero-order chi connectivity index (χ0) is 19.4. The van der Waals surface area contributed by atoms with Crippen LogP contribution < -0.4 is 11.1 Å². The number of allylic oxidation sites excluding steroid dienone is 1. The number of hydrogen-bond acceptors (Lipinski definition) is 5. The molecule has 8 heteroatoms. The van der Waals surface area contributed by atoms with Crippen LogP contribution in [0.25, 0.3) is 0 Å². The molecular formula is C19H28N4O4. The Morgan fingerprint density at radius 2 is 2.04 bits per heavy atom. The van der Waals surface area contributed by atoms with Crippen molar-refractivity contribution in [2.24, 2.45) is 0 Å². The summed E-state index contributed by atoms with van der Waals surface area (Å²) in [4.78, 5) is 42.2. The number of carbonyl (C=O) groups excluding carboxylic acids is 2. The summed E-state index contributed by atoms with van der Waals surface area (Å²) in [6.45, 7) is 7.05. The molecule has 27 heavy (non-hydrogen) atoms. The number of aromatic nitrogens is 1. The van der Waals surface area contributed by atoms with Crippen LogP contribution in [-0.2, 0) is 4.79 Å². The lowest BCUT2D eigenvalue weighted by atomic mass is 10.1. The summed E-state index contributed by atoms with van der Waals surface area (Å²) in [6.07, 6.45) is 6.88. The monoisotopic (exact) mass is 376 g/mol. The summed E-state index contributed by atoms with van der Waals surface area (Å²) in [5.74, 6) is -0.887. The minimum Gasteiger partial charge on any atom is -0.403 e. The lowest BCUT2D eigenvalue weighted by Gasteiger charge is -2.40. The van der Waals surface area contributed by atoms with Gasteiger partial charge in [0.25, 0.3) is 5.91 Å². The molecule has 1 aromatic heterocycles. The molecule has 0 spiro atoms. The minimum atomic E-state index is -0.628. The van der Waals surface area contributed by atoms with Crippen molar-refractivity contribution in [2.45, 2.75) is 51.6 Å². The molecule has 1 aromatic rings. The topological polar surface area (TPSA) is 98.6 Å². The molecule has 0 bridgehead atoms. The van der Waals surface area contributed by atoms with Crippen LogP contribution in [0.5, 0.6) is 0 Å². The van der Waals surface area contributed by atoms with E-state index in [9.17, 15) is 14.4 Å². The van der Waals surface area contributed by atoms with Crippen molar-refractivity contribution < 1.29 is 14.0 Å². The van der Waals surface area contributed by atoms with Crippen molar-refractivity contribution in [1.82, 2.24) is 20.1 Å². The highest BCUT2D eigenvalue weighted by Gasteiger charge is 2.35. The Bertz CT molecular complexity index is 758. The van der Waals surface area contributed by atoms with Crippen molar-refractivity contribution in [3.63, 3.8) is 0 Å². The van der Waals surface area contributed by atoms with E-state index >= 15 is 0 Å². The highest BCUT2D eigenvalue weighted by Crippen LogP contribution is 2.25. The standard InChI is InChI=1S/C19H28N4O4/c1-3-13(2)11-17(24)23-9-7-22(8-10-23)15-6-4-5-14(15)21-18(25)16-12-20-19(26)27-16/h11-12,14-15H,3-10H2,1-2H3,(H,20,26)(H,21,25)/b13-11+/t14-,15+/m0/s1. The third kappa shape index (κ3) is 4.68. The smallest absolute Gasteiger partial charge is 0.403 e. The summed E-state index contributed by atoms with van der Waals surface area (Å²) < 4.78 is 4.83. The van der Waals surface area contributed by atoms with Gasteiger partial charge in [-0.05, 0) is 32.6 Å². The molecule has 2 N–H and O–H groups in total. The van der Waals surface area contributed by atoms with Gasteiger partial charge in [0.1, 0.15) is 0 Å². The highest BCUT2D eigenvalue weighted by atomic mass is 16.4. The number of aromatic amines is 1. The zero-order valence-corrected chi connectivity index (χ0v) is 16.0. The molecule has 0 radical (unpaired) electrons. The molecule has 1 saturated carbocycles. The Morgan fingerprint density at radius 1 is 1.30 bits per heavy atom. The Hall–Kier alpha value is -2.35. The molecule has 8 nitrogen and oxygen atoms in total. The molecule has 1 aliphatic heterocycles. The fourth-order valence-electron chi connectivity index (χ4n) is 3.86. The molecule has 2 fully saturated rings. The average molecular weight is 376 g/mol. The van der Waals surface area contributed by atoms with E-state index in [1.165, 1.54) is 6.20 Å². The second-order valence-corrected chi connectivity index (χ2v) is 7.33. The second-order valence-electron chi connectivity index (χ2n) is 7.33. The largest absolute Gasteiger partial charge is 0.416 e. The Morgan fingerprint density at radius 3 is 2.67 bits per heavy atom. The van der Waals surface area contributed by atoms with E-state index in [4.69, 9.17) is 4.42 Å². The van der Waals surface area contributed by atoms with Crippen molar-refractivity contribution >= 4 is 11.8 Å². The molecule has 148 valence electrons. The molecule has 2 amide bonds. The molecule has 1 saturated heterocycles.